The molecule has 0 fully saturated rings. The third kappa shape index (κ3) is 4.11. The molecule has 0 aliphatic carbocycles. The van der Waals surface area contributed by atoms with Gasteiger partial charge in [-0.3, -0.25) is 4.79 Å². The number of carbonyl (C=O) groups is 2. The van der Waals surface area contributed by atoms with E-state index in [0.29, 0.717) is 0 Å². The molecule has 1 atom stereocenters. The molecule has 0 bridgehead atoms. The normalized spacial score (nSPS) is 12.8. The lowest BCUT2D eigenvalue weighted by Gasteiger charge is -2.19. The average Bonchev–Trinajstić information content (AvgIpc) is 1.82. The minimum Gasteiger partial charge on any atom is -0.480 e. The first kappa shape index (κ1) is 11.4. The second-order valence-electron chi connectivity index (χ2n) is 3.43. The maximum absolute atomic E-state index is 11.0. The van der Waals surface area contributed by atoms with Gasteiger partial charge < -0.3 is 9.84 Å². The van der Waals surface area contributed by atoms with Gasteiger partial charge in [0.2, 0.25) is 5.92 Å². The molecule has 1 N–H and O–H groups in total. The van der Waals surface area contributed by atoms with Crippen molar-refractivity contribution in [3.8, 4) is 6.07 Å². The van der Waals surface area contributed by atoms with Crippen LogP contribution in [-0.2, 0) is 14.3 Å². The Labute approximate surface area is 75.9 Å². The van der Waals surface area contributed by atoms with Crippen molar-refractivity contribution in [1.29, 1.82) is 5.26 Å². The van der Waals surface area contributed by atoms with E-state index < -0.39 is 23.5 Å². The number of carbonyl (C=O) groups excluding carboxylic acids is 1. The third-order valence-electron chi connectivity index (χ3n) is 1.02. The van der Waals surface area contributed by atoms with Crippen LogP contribution in [0, 0.1) is 17.2 Å². The topological polar surface area (TPSA) is 87.4 Å². The van der Waals surface area contributed by atoms with E-state index in [4.69, 9.17) is 15.1 Å². The van der Waals surface area contributed by atoms with E-state index in [1.807, 2.05) is 0 Å². The zero-order chi connectivity index (χ0) is 10.6. The van der Waals surface area contributed by atoms with E-state index in [1.165, 1.54) is 6.07 Å². The van der Waals surface area contributed by atoms with Crippen molar-refractivity contribution in [2.24, 2.45) is 5.92 Å². The number of nitrogens with zero attached hydrogens (tertiary/aromatic N) is 1. The first-order chi connectivity index (χ1) is 5.78. The van der Waals surface area contributed by atoms with Gasteiger partial charge in [-0.15, -0.1) is 0 Å². The molecule has 0 saturated heterocycles. The first-order valence-electron chi connectivity index (χ1n) is 3.63. The number of rotatable bonds is 2. The zero-order valence-electron chi connectivity index (χ0n) is 7.70. The Morgan fingerprint density at radius 2 is 1.92 bits per heavy atom. The summed E-state index contributed by atoms with van der Waals surface area (Å²) in [6.07, 6.45) is 0. The Bertz CT molecular complexity index is 258. The third-order valence-corrected chi connectivity index (χ3v) is 1.02. The summed E-state index contributed by atoms with van der Waals surface area (Å²) in [6.45, 7) is 4.80. The Morgan fingerprint density at radius 3 is 2.15 bits per heavy atom. The van der Waals surface area contributed by atoms with Gasteiger partial charge >= 0.3 is 11.9 Å². The van der Waals surface area contributed by atoms with Crippen LogP contribution in [0.25, 0.3) is 0 Å². The standard InChI is InChI=1S/C8H11NO4/c1-8(2,3)13-7(12)5(4-9)6(10)11/h5H,1-3H3,(H,10,11). The van der Waals surface area contributed by atoms with Gasteiger partial charge in [-0.2, -0.15) is 5.26 Å². The van der Waals surface area contributed by atoms with Crippen molar-refractivity contribution in [3.63, 3.8) is 0 Å². The Morgan fingerprint density at radius 1 is 1.46 bits per heavy atom. The predicted molar refractivity (Wildman–Crippen MR) is 42.6 cm³/mol. The number of aliphatic carboxylic acids is 1. The van der Waals surface area contributed by atoms with E-state index in [-0.39, 0.29) is 0 Å². The Hall–Kier alpha value is -1.57. The monoisotopic (exact) mass is 185 g/mol. The van der Waals surface area contributed by atoms with Gasteiger partial charge in [0.1, 0.15) is 5.60 Å². The Kier molecular flexibility index (Phi) is 3.43. The van der Waals surface area contributed by atoms with Crippen LogP contribution in [0.3, 0.4) is 0 Å². The smallest absolute Gasteiger partial charge is 0.335 e. The molecule has 13 heavy (non-hydrogen) atoms. The van der Waals surface area contributed by atoms with Crippen LogP contribution in [0.5, 0.6) is 0 Å². The molecule has 72 valence electrons. The van der Waals surface area contributed by atoms with Gasteiger partial charge in [-0.25, -0.2) is 4.79 Å². The summed E-state index contributed by atoms with van der Waals surface area (Å²) >= 11 is 0. The fourth-order valence-electron chi connectivity index (χ4n) is 0.569. The fourth-order valence-corrected chi connectivity index (χ4v) is 0.569. The van der Waals surface area contributed by atoms with Crippen LogP contribution in [0.2, 0.25) is 0 Å². The second-order valence-corrected chi connectivity index (χ2v) is 3.43. The molecule has 0 aromatic rings. The van der Waals surface area contributed by atoms with Crippen molar-refractivity contribution >= 4 is 11.9 Å². The molecule has 0 radical (unpaired) electrons. The summed E-state index contributed by atoms with van der Waals surface area (Å²) in [5, 5.41) is 16.7. The van der Waals surface area contributed by atoms with Crippen LogP contribution in [0.4, 0.5) is 0 Å². The minimum atomic E-state index is -1.74. The van der Waals surface area contributed by atoms with E-state index in [2.05, 4.69) is 0 Å². The maximum atomic E-state index is 11.0. The molecule has 0 amide bonds. The lowest BCUT2D eigenvalue weighted by molar-refractivity contribution is -0.163. The molecule has 0 aromatic heterocycles. The van der Waals surface area contributed by atoms with Crippen LogP contribution in [0.15, 0.2) is 0 Å². The summed E-state index contributed by atoms with van der Waals surface area (Å²) < 4.78 is 4.71. The molecule has 5 nitrogen and oxygen atoms in total. The van der Waals surface area contributed by atoms with Crippen LogP contribution >= 0.6 is 0 Å². The van der Waals surface area contributed by atoms with Crippen molar-refractivity contribution < 1.29 is 19.4 Å². The predicted octanol–water partition coefficient (Wildman–Crippen LogP) is 0.552. The summed E-state index contributed by atoms with van der Waals surface area (Å²) in [7, 11) is 0. The van der Waals surface area contributed by atoms with Gasteiger partial charge in [0, 0.05) is 0 Å². The second kappa shape index (κ2) is 3.90. The molecule has 5 heteroatoms. The van der Waals surface area contributed by atoms with Crippen molar-refractivity contribution in [2.45, 2.75) is 26.4 Å². The molecule has 0 heterocycles. The average molecular weight is 185 g/mol. The molecule has 0 aliphatic heterocycles. The number of ether oxygens (including phenoxy) is 1. The van der Waals surface area contributed by atoms with Gasteiger partial charge in [0.25, 0.3) is 0 Å². The van der Waals surface area contributed by atoms with E-state index in [0.717, 1.165) is 0 Å². The van der Waals surface area contributed by atoms with Gasteiger partial charge in [0.05, 0.1) is 6.07 Å². The van der Waals surface area contributed by atoms with E-state index in [1.54, 1.807) is 20.8 Å². The minimum absolute atomic E-state index is 0.776. The lowest BCUT2D eigenvalue weighted by Crippen LogP contribution is -2.31. The first-order valence-corrected chi connectivity index (χ1v) is 3.63. The van der Waals surface area contributed by atoms with E-state index >= 15 is 0 Å². The zero-order valence-corrected chi connectivity index (χ0v) is 7.70. The van der Waals surface area contributed by atoms with Crippen LogP contribution in [0.1, 0.15) is 20.8 Å². The van der Waals surface area contributed by atoms with Gasteiger partial charge in [0.15, 0.2) is 0 Å². The van der Waals surface area contributed by atoms with Crippen LogP contribution < -0.4 is 0 Å². The summed E-state index contributed by atoms with van der Waals surface area (Å²) in [6, 6.07) is 1.35. The highest BCUT2D eigenvalue weighted by atomic mass is 16.6. The molecular formula is C8H11NO4. The maximum Gasteiger partial charge on any atom is 0.335 e. The van der Waals surface area contributed by atoms with Crippen molar-refractivity contribution in [3.05, 3.63) is 0 Å². The highest BCUT2D eigenvalue weighted by Gasteiger charge is 2.30. The summed E-state index contributed by atoms with van der Waals surface area (Å²) in [4.78, 5) is 21.3. The Balaban J connectivity index is 4.44. The summed E-state index contributed by atoms with van der Waals surface area (Å²) in [5.41, 5.74) is -0.776. The lowest BCUT2D eigenvalue weighted by atomic mass is 10.1. The fraction of sp³-hybridized carbons (Fsp3) is 0.625. The highest BCUT2D eigenvalue weighted by molar-refractivity contribution is 5.96. The van der Waals surface area contributed by atoms with E-state index in [9.17, 15) is 9.59 Å². The van der Waals surface area contributed by atoms with Crippen LogP contribution in [-0.4, -0.2) is 22.6 Å². The summed E-state index contributed by atoms with van der Waals surface area (Å²) in [5.74, 6) is -4.25. The van der Waals surface area contributed by atoms with Crippen molar-refractivity contribution in [2.75, 3.05) is 0 Å². The van der Waals surface area contributed by atoms with Crippen molar-refractivity contribution in [1.82, 2.24) is 0 Å². The van der Waals surface area contributed by atoms with Gasteiger partial charge in [-0.1, -0.05) is 0 Å². The molecule has 0 saturated carbocycles. The number of hydrogen-bond donors (Lipinski definition) is 1. The number of hydrogen-bond acceptors (Lipinski definition) is 4. The number of carboxylic acids is 1. The number of carboxylic acid groups (broad SMARTS) is 1. The quantitative estimate of drug-likeness (QED) is 0.501. The molecule has 1 unspecified atom stereocenters. The molecule has 0 spiro atoms. The molecule has 0 aliphatic rings. The molecule has 0 rings (SSSR count). The van der Waals surface area contributed by atoms with Gasteiger partial charge in [-0.05, 0) is 20.8 Å². The SMILES string of the molecule is CC(C)(C)OC(=O)C(C#N)C(=O)O. The molecular weight excluding hydrogens is 174 g/mol. The number of nitriles is 1. The largest absolute Gasteiger partial charge is 0.480 e. The molecule has 0 aromatic carbocycles. The highest BCUT2D eigenvalue weighted by Crippen LogP contribution is 2.10. The number of esters is 1.